The van der Waals surface area contributed by atoms with Gasteiger partial charge in [0.15, 0.2) is 0 Å². The van der Waals surface area contributed by atoms with Crippen LogP contribution in [0.2, 0.25) is 20.6 Å². The van der Waals surface area contributed by atoms with Gasteiger partial charge in [-0.1, -0.05) is 215 Å². The Bertz CT molecular complexity index is 5010. The number of pyridine rings is 2. The molecule has 3 N–H and O–H groups in total. The summed E-state index contributed by atoms with van der Waals surface area (Å²) >= 11 is 44.3. The van der Waals surface area contributed by atoms with E-state index in [2.05, 4.69) is 150 Å². The van der Waals surface area contributed by atoms with Crippen molar-refractivity contribution in [3.05, 3.63) is 251 Å². The third-order valence-electron chi connectivity index (χ3n) is 24.5. The van der Waals surface area contributed by atoms with Crippen LogP contribution in [0.4, 0.5) is 21.0 Å². The highest BCUT2D eigenvalue weighted by Gasteiger charge is 2.60. The van der Waals surface area contributed by atoms with Crippen LogP contribution in [-0.2, 0) is 86.2 Å². The Balaban J connectivity index is 0.000000162. The number of esters is 4. The number of carboxylic acids is 1. The van der Waals surface area contributed by atoms with E-state index in [1.165, 1.54) is 40.3 Å². The Labute approximate surface area is 820 Å². The fourth-order valence-electron chi connectivity index (χ4n) is 17.9. The van der Waals surface area contributed by atoms with Gasteiger partial charge in [-0.25, -0.2) is 29.3 Å². The number of fused-ring (bicyclic) bond motifs is 1. The lowest BCUT2D eigenvalue weighted by molar-refractivity contribution is -0.156. The maximum absolute atomic E-state index is 13.4. The molecule has 0 bridgehead atoms. The molecule has 0 saturated carbocycles. The summed E-state index contributed by atoms with van der Waals surface area (Å²) in [5.74, 6) is -1.63. The molecule has 6 aromatic carbocycles. The highest BCUT2D eigenvalue weighted by Crippen LogP contribution is 2.45. The second-order valence-electron chi connectivity index (χ2n) is 32.7. The monoisotopic (exact) mass is 2210 g/mol. The summed E-state index contributed by atoms with van der Waals surface area (Å²) in [5, 5.41) is 16.2. The number of carbonyl (C=O) groups is 8. The quantitative estimate of drug-likeness (QED) is 0.0233. The van der Waals surface area contributed by atoms with Crippen LogP contribution < -0.4 is 15.5 Å². The first-order chi connectivity index (χ1) is 61.1. The van der Waals surface area contributed by atoms with Crippen molar-refractivity contribution in [3.63, 3.8) is 0 Å². The number of nitrogens with one attached hydrogen (secondary N) is 2. The molecule has 6 atom stereocenters. The molecule has 2 aromatic heterocycles. The average molecular weight is 2220 g/mol. The van der Waals surface area contributed by atoms with E-state index in [0.29, 0.717) is 89.2 Å². The molecular weight excluding hydrogens is 2110 g/mol. The van der Waals surface area contributed by atoms with Crippen LogP contribution in [-0.4, -0.2) is 207 Å². The summed E-state index contributed by atoms with van der Waals surface area (Å²) in [6.45, 7) is 13.5. The smallest absolute Gasteiger partial charge is 0.332 e. The third-order valence-corrected chi connectivity index (χ3v) is 28.4. The lowest BCUT2D eigenvalue weighted by atomic mass is 9.88. The number of hydrogen-bond donors (Lipinski definition) is 3. The Kier molecular flexibility index (Phi) is 38.4. The number of aromatic nitrogens is 2. The number of likely N-dealkylation sites (tertiary alicyclic amines) is 4. The predicted octanol–water partition coefficient (Wildman–Crippen LogP) is 21.3. The normalized spacial score (nSPS) is 22.3. The van der Waals surface area contributed by atoms with Crippen molar-refractivity contribution in [1.29, 1.82) is 0 Å². The highest BCUT2D eigenvalue weighted by atomic mass is 79.9. The van der Waals surface area contributed by atoms with Crippen LogP contribution in [0, 0.1) is 0 Å². The number of carboxylic acid groups (broad SMARTS) is 1. The molecule has 0 radical (unpaired) electrons. The molecule has 7 saturated heterocycles. The summed E-state index contributed by atoms with van der Waals surface area (Å²) in [6, 6.07) is 53.1. The number of hydrogen-bond acceptors (Lipinski definition) is 18. The number of aliphatic carboxylic acids is 1. The van der Waals surface area contributed by atoms with Gasteiger partial charge >= 0.3 is 41.9 Å². The Hall–Kier alpha value is -6.94. The molecule has 0 spiro atoms. The lowest BCUT2D eigenvalue weighted by Crippen LogP contribution is -2.56. The summed E-state index contributed by atoms with van der Waals surface area (Å²) in [6.07, 6.45) is 13.6. The van der Waals surface area contributed by atoms with Gasteiger partial charge in [0.1, 0.15) is 53.8 Å². The standard InChI is InChI=1S/C20H20BrCl2N3O3.C18H14BrCl2N3O2.2C15H20BrNO2.C14H18BrNO2.C13H16BrNO2/c1-2-29-18(27)20(12-13-4-6-14(21)7-5-13)8-3-9-26(20)19(28)24-15-10-16(22)25-17(23)11-15;19-12-4-2-11(3-5-12)10-18-6-1-7-23(18)17(26)24(16(18)25)13-8-14(20)22-15(21)9-13;2*1-3-19-14(18)15(9-4-10-17(15)2)11-12-5-7-13(16)8-6-12;1-2-18-13(17)14(8-3-9-16-14)10-11-4-6-12(15)7-5-11;1-15-8-2-7-13(15,12(16)17)9-10-3-5-11(14)6-4-10/h4-7,10-11H,2-3,8-9,12H2,1H3,(H,24,25,28);2-5,8-9H,1,6-7,10H2;2*5-8H,3-4,9-11H2,1-2H3;4-7,16H,2-3,8-10H2,1H3;3-6H,2,7-9H2,1H3,(H,16,17). The number of ether oxygens (including phenoxy) is 4. The number of benzene rings is 6. The van der Waals surface area contributed by atoms with E-state index in [0.717, 1.165) is 146 Å². The summed E-state index contributed by atoms with van der Waals surface area (Å²) < 4.78 is 27.3. The molecule has 8 aromatic rings. The first kappa shape index (κ1) is 103. The van der Waals surface area contributed by atoms with Gasteiger partial charge in [0.2, 0.25) is 0 Å². The molecule has 0 aliphatic carbocycles. The largest absolute Gasteiger partial charge is 0.480 e. The molecule has 7 aliphatic rings. The fourth-order valence-corrected chi connectivity index (χ4v) is 20.4. The van der Waals surface area contributed by atoms with Crippen molar-refractivity contribution in [3.8, 4) is 0 Å². The van der Waals surface area contributed by atoms with E-state index in [1.807, 2.05) is 168 Å². The molecule has 7 fully saturated rings. The van der Waals surface area contributed by atoms with Gasteiger partial charge in [-0.2, -0.15) is 0 Å². The number of nitrogens with zero attached hydrogens (tertiary/aromatic N) is 8. The Morgan fingerprint density at radius 1 is 0.406 bits per heavy atom. The zero-order chi connectivity index (χ0) is 92.7. The van der Waals surface area contributed by atoms with Gasteiger partial charge in [-0.3, -0.25) is 38.7 Å². The maximum atomic E-state index is 13.4. The fraction of sp³-hybridized carbons (Fsp3) is 0.432. The SMILES string of the molecule is CCOC(=O)C1(Cc2ccc(Br)cc2)CCCN1.CCOC(=O)C1(Cc2ccc(Br)cc2)CCCN1C.CCOC(=O)C1(Cc2ccc(Br)cc2)CCCN1C.CCOC(=O)C1(Cc2ccc(Br)cc2)CCCN1C(=O)Nc1cc(Cl)nc(Cl)c1.CN1CCCC1(Cc1ccc(Br)cc1)C(=O)O.O=C1N(c2cc(Cl)nc(Cl)c2)C(=O)C2(Cc3ccc(Br)cc3)CCCN12. The van der Waals surface area contributed by atoms with Crippen molar-refractivity contribution in [2.75, 3.05) is 97.1 Å². The number of urea groups is 2. The van der Waals surface area contributed by atoms with E-state index >= 15 is 0 Å². The van der Waals surface area contributed by atoms with Crippen LogP contribution in [0.25, 0.3) is 0 Å². The zero-order valence-corrected chi connectivity index (χ0v) is 85.2. The summed E-state index contributed by atoms with van der Waals surface area (Å²) in [4.78, 5) is 119. The lowest BCUT2D eigenvalue weighted by Gasteiger charge is -2.36. The molecule has 6 unspecified atom stereocenters. The second kappa shape index (κ2) is 47.6. The first-order valence-electron chi connectivity index (χ1n) is 42.8. The van der Waals surface area contributed by atoms with E-state index < -0.39 is 51.2 Å². The topological polar surface area (TPSA) is 263 Å². The minimum atomic E-state index is -1.07. The molecule has 9 heterocycles. The summed E-state index contributed by atoms with van der Waals surface area (Å²) in [5.41, 5.74) is 3.15. The number of likely N-dealkylation sites (N-methyl/N-ethyl adjacent to an activating group) is 3. The maximum Gasteiger partial charge on any atom is 0.332 e. The van der Waals surface area contributed by atoms with Crippen LogP contribution >= 0.6 is 142 Å². The molecule has 5 amide bonds. The van der Waals surface area contributed by atoms with Crippen molar-refractivity contribution < 1.29 is 62.4 Å². The van der Waals surface area contributed by atoms with Crippen molar-refractivity contribution in [2.45, 2.75) is 177 Å². The molecule has 23 nitrogen and oxygen atoms in total. The Morgan fingerprint density at radius 3 is 1.09 bits per heavy atom. The van der Waals surface area contributed by atoms with Crippen LogP contribution in [0.1, 0.15) is 138 Å². The van der Waals surface area contributed by atoms with Gasteiger partial charge in [-0.05, 0) is 283 Å². The predicted molar refractivity (Wildman–Crippen MR) is 523 cm³/mol. The minimum absolute atomic E-state index is 0.0853. The van der Waals surface area contributed by atoms with Crippen molar-refractivity contribution in [2.24, 2.45) is 0 Å². The van der Waals surface area contributed by atoms with Gasteiger partial charge in [0.25, 0.3) is 5.91 Å². The van der Waals surface area contributed by atoms with Crippen LogP contribution in [0.5, 0.6) is 0 Å². The van der Waals surface area contributed by atoms with Gasteiger partial charge in [0, 0.05) is 84.1 Å². The van der Waals surface area contributed by atoms with E-state index in [9.17, 15) is 43.5 Å². The zero-order valence-electron chi connectivity index (χ0n) is 72.7. The third kappa shape index (κ3) is 25.9. The van der Waals surface area contributed by atoms with Gasteiger partial charge in [0.05, 0.1) is 32.1 Å². The molecule has 7 aliphatic heterocycles. The molecule has 686 valence electrons. The molecule has 33 heteroatoms. The Morgan fingerprint density at radius 2 is 0.727 bits per heavy atom. The van der Waals surface area contributed by atoms with E-state index in [4.69, 9.17) is 65.4 Å². The van der Waals surface area contributed by atoms with Gasteiger partial charge < -0.3 is 44.5 Å². The number of rotatable bonds is 23. The number of imide groups is 1. The van der Waals surface area contributed by atoms with E-state index in [-0.39, 0.29) is 57.1 Å². The second-order valence-corrected chi connectivity index (χ2v) is 39.7. The number of carbonyl (C=O) groups excluding carboxylic acids is 7. The van der Waals surface area contributed by atoms with Crippen LogP contribution in [0.3, 0.4) is 0 Å². The van der Waals surface area contributed by atoms with Crippen molar-refractivity contribution >= 4 is 201 Å². The minimum Gasteiger partial charge on any atom is -0.480 e. The molecule has 15 rings (SSSR count). The van der Waals surface area contributed by atoms with E-state index in [1.54, 1.807) is 16.7 Å². The molecular formula is C95H108Br6Cl4N10O13. The van der Waals surface area contributed by atoms with Crippen molar-refractivity contribution in [1.82, 2.24) is 39.8 Å². The first-order valence-corrected chi connectivity index (χ1v) is 49.1. The highest BCUT2D eigenvalue weighted by molar-refractivity contribution is 9.11. The number of halogens is 10. The molecule has 128 heavy (non-hydrogen) atoms. The average Bonchev–Trinajstić information content (AvgIpc) is 1.56. The summed E-state index contributed by atoms with van der Waals surface area (Å²) in [7, 11) is 5.94. The number of amides is 5. The number of anilines is 2. The van der Waals surface area contributed by atoms with Gasteiger partial charge in [-0.15, -0.1) is 0 Å². The van der Waals surface area contributed by atoms with Crippen LogP contribution in [0.15, 0.2) is 197 Å².